The third-order valence-electron chi connectivity index (χ3n) is 2.63. The number of methoxy groups -OCH3 is 1. The maximum Gasteiger partial charge on any atom is 0.119 e. The highest BCUT2D eigenvalue weighted by Gasteiger charge is 2.00. The molecule has 2 rings (SSSR count). The second-order valence-corrected chi connectivity index (χ2v) is 5.18. The number of hydrogen-bond acceptors (Lipinski definition) is 3. The van der Waals surface area contributed by atoms with Crippen LogP contribution in [0.3, 0.4) is 0 Å². The zero-order valence-electron chi connectivity index (χ0n) is 10.1. The number of ether oxygens (including phenoxy) is 1. The molecule has 3 nitrogen and oxygen atoms in total. The van der Waals surface area contributed by atoms with Crippen LogP contribution in [0.1, 0.15) is 5.56 Å². The van der Waals surface area contributed by atoms with E-state index in [9.17, 15) is 0 Å². The van der Waals surface area contributed by atoms with Crippen molar-refractivity contribution < 1.29 is 4.74 Å². The van der Waals surface area contributed by atoms with E-state index in [1.54, 1.807) is 7.11 Å². The van der Waals surface area contributed by atoms with Crippen molar-refractivity contribution in [3.8, 4) is 5.75 Å². The minimum absolute atomic E-state index is 0.724. The molecule has 0 fully saturated rings. The van der Waals surface area contributed by atoms with Gasteiger partial charge in [0.15, 0.2) is 0 Å². The lowest BCUT2D eigenvalue weighted by Gasteiger charge is -2.10. The molecule has 18 heavy (non-hydrogen) atoms. The molecule has 2 aromatic rings. The molecule has 0 unspecified atom stereocenters. The topological polar surface area (TPSA) is 47.3 Å². The number of nitrogen functional groups attached to an aromatic ring is 1. The van der Waals surface area contributed by atoms with Crippen LogP contribution in [0, 0.1) is 3.57 Å². The van der Waals surface area contributed by atoms with Crippen LogP contribution >= 0.6 is 22.6 Å². The van der Waals surface area contributed by atoms with Crippen LogP contribution < -0.4 is 15.8 Å². The van der Waals surface area contributed by atoms with Crippen molar-refractivity contribution >= 4 is 34.0 Å². The van der Waals surface area contributed by atoms with Crippen molar-refractivity contribution in [3.05, 3.63) is 51.6 Å². The number of rotatable bonds is 4. The zero-order valence-corrected chi connectivity index (χ0v) is 12.3. The lowest BCUT2D eigenvalue weighted by atomic mass is 10.2. The number of anilines is 2. The molecule has 4 heteroatoms. The minimum Gasteiger partial charge on any atom is -0.497 e. The molecule has 0 saturated heterocycles. The summed E-state index contributed by atoms with van der Waals surface area (Å²) in [5.74, 6) is 0.866. The summed E-state index contributed by atoms with van der Waals surface area (Å²) in [6.07, 6.45) is 0. The molecule has 0 aliphatic carbocycles. The third-order valence-corrected chi connectivity index (χ3v) is 3.30. The standard InChI is InChI=1S/C14H15IN2O/c1-18-12-4-2-3-10(7-12)9-17-14-6-5-11(15)8-13(14)16/h2-8,17H,9,16H2,1H3. The van der Waals surface area contributed by atoms with Gasteiger partial charge in [0, 0.05) is 10.1 Å². The lowest BCUT2D eigenvalue weighted by molar-refractivity contribution is 0.414. The number of hydrogen-bond donors (Lipinski definition) is 2. The highest BCUT2D eigenvalue weighted by molar-refractivity contribution is 14.1. The van der Waals surface area contributed by atoms with Crippen LogP contribution in [-0.2, 0) is 6.54 Å². The lowest BCUT2D eigenvalue weighted by Crippen LogP contribution is -2.02. The maximum absolute atomic E-state index is 5.95. The molecule has 0 spiro atoms. The second-order valence-electron chi connectivity index (χ2n) is 3.94. The molecule has 0 heterocycles. The number of nitrogens with two attached hydrogens (primary N) is 1. The smallest absolute Gasteiger partial charge is 0.119 e. The van der Waals surface area contributed by atoms with Crippen molar-refractivity contribution in [3.63, 3.8) is 0 Å². The van der Waals surface area contributed by atoms with Crippen LogP contribution in [-0.4, -0.2) is 7.11 Å². The van der Waals surface area contributed by atoms with Gasteiger partial charge in [-0.2, -0.15) is 0 Å². The van der Waals surface area contributed by atoms with Crippen molar-refractivity contribution in [1.29, 1.82) is 0 Å². The van der Waals surface area contributed by atoms with Crippen LogP contribution in [0.25, 0.3) is 0 Å². The fraction of sp³-hybridized carbons (Fsp3) is 0.143. The Morgan fingerprint density at radius 3 is 2.78 bits per heavy atom. The molecule has 0 aliphatic rings. The summed E-state index contributed by atoms with van der Waals surface area (Å²) < 4.78 is 6.33. The highest BCUT2D eigenvalue weighted by atomic mass is 127. The van der Waals surface area contributed by atoms with Crippen molar-refractivity contribution in [2.45, 2.75) is 6.54 Å². The average Bonchev–Trinajstić information content (AvgIpc) is 2.38. The first-order chi connectivity index (χ1) is 8.69. The fourth-order valence-corrected chi connectivity index (χ4v) is 2.19. The summed E-state index contributed by atoms with van der Waals surface area (Å²) in [5, 5.41) is 3.32. The van der Waals surface area contributed by atoms with E-state index < -0.39 is 0 Å². The van der Waals surface area contributed by atoms with E-state index >= 15 is 0 Å². The van der Waals surface area contributed by atoms with Crippen molar-refractivity contribution in [1.82, 2.24) is 0 Å². The number of nitrogens with one attached hydrogen (secondary N) is 1. The predicted molar refractivity (Wildman–Crippen MR) is 83.9 cm³/mol. The van der Waals surface area contributed by atoms with Gasteiger partial charge in [-0.25, -0.2) is 0 Å². The van der Waals surface area contributed by atoms with E-state index in [4.69, 9.17) is 10.5 Å². The van der Waals surface area contributed by atoms with E-state index in [0.717, 1.165) is 32.8 Å². The summed E-state index contributed by atoms with van der Waals surface area (Å²) in [6.45, 7) is 0.724. The van der Waals surface area contributed by atoms with E-state index in [2.05, 4.69) is 34.0 Å². The SMILES string of the molecule is COc1cccc(CNc2ccc(I)cc2N)c1. The Balaban J connectivity index is 2.06. The average molecular weight is 354 g/mol. The molecular formula is C14H15IN2O. The van der Waals surface area contributed by atoms with Crippen molar-refractivity contribution in [2.75, 3.05) is 18.2 Å². The Kier molecular flexibility index (Phi) is 4.30. The van der Waals surface area contributed by atoms with Gasteiger partial charge in [-0.05, 0) is 58.5 Å². The van der Waals surface area contributed by atoms with Gasteiger partial charge in [-0.3, -0.25) is 0 Å². The van der Waals surface area contributed by atoms with E-state index in [-0.39, 0.29) is 0 Å². The maximum atomic E-state index is 5.95. The van der Waals surface area contributed by atoms with Crippen LogP contribution in [0.4, 0.5) is 11.4 Å². The molecule has 0 aromatic heterocycles. The first-order valence-electron chi connectivity index (χ1n) is 5.61. The molecule has 2 aromatic carbocycles. The highest BCUT2D eigenvalue weighted by Crippen LogP contribution is 2.22. The van der Waals surface area contributed by atoms with Crippen molar-refractivity contribution in [2.24, 2.45) is 0 Å². The summed E-state index contributed by atoms with van der Waals surface area (Å²) in [6, 6.07) is 14.0. The van der Waals surface area contributed by atoms with Gasteiger partial charge in [-0.15, -0.1) is 0 Å². The molecule has 3 N–H and O–H groups in total. The summed E-state index contributed by atoms with van der Waals surface area (Å²) in [5.41, 5.74) is 8.83. The molecule has 0 radical (unpaired) electrons. The molecule has 0 aliphatic heterocycles. The normalized spacial score (nSPS) is 10.1. The van der Waals surface area contributed by atoms with E-state index in [0.29, 0.717) is 0 Å². The molecule has 0 atom stereocenters. The summed E-state index contributed by atoms with van der Waals surface area (Å²) >= 11 is 2.25. The summed E-state index contributed by atoms with van der Waals surface area (Å²) in [4.78, 5) is 0. The van der Waals surface area contributed by atoms with Gasteiger partial charge < -0.3 is 15.8 Å². The number of benzene rings is 2. The quantitative estimate of drug-likeness (QED) is 0.653. The Labute approximate surface area is 120 Å². The third kappa shape index (κ3) is 3.29. The van der Waals surface area contributed by atoms with Crippen LogP contribution in [0.2, 0.25) is 0 Å². The Hall–Kier alpha value is -1.43. The molecule has 0 bridgehead atoms. The van der Waals surface area contributed by atoms with Gasteiger partial charge in [0.2, 0.25) is 0 Å². The van der Waals surface area contributed by atoms with Crippen LogP contribution in [0.15, 0.2) is 42.5 Å². The second kappa shape index (κ2) is 5.95. The predicted octanol–water partition coefficient (Wildman–Crippen LogP) is 3.49. The van der Waals surface area contributed by atoms with E-state index in [1.807, 2.05) is 36.4 Å². The summed E-state index contributed by atoms with van der Waals surface area (Å²) in [7, 11) is 1.67. The monoisotopic (exact) mass is 354 g/mol. The molecule has 0 saturated carbocycles. The number of halogens is 1. The molecule has 94 valence electrons. The van der Waals surface area contributed by atoms with Gasteiger partial charge in [0.05, 0.1) is 18.5 Å². The van der Waals surface area contributed by atoms with E-state index in [1.165, 1.54) is 0 Å². The van der Waals surface area contributed by atoms with Gasteiger partial charge >= 0.3 is 0 Å². The Morgan fingerprint density at radius 2 is 2.06 bits per heavy atom. The Bertz CT molecular complexity index is 543. The molecular weight excluding hydrogens is 339 g/mol. The van der Waals surface area contributed by atoms with Gasteiger partial charge in [0.25, 0.3) is 0 Å². The van der Waals surface area contributed by atoms with Gasteiger partial charge in [0.1, 0.15) is 5.75 Å². The first kappa shape index (κ1) is 13.0. The Morgan fingerprint density at radius 1 is 1.22 bits per heavy atom. The largest absolute Gasteiger partial charge is 0.497 e. The minimum atomic E-state index is 0.724. The molecule has 0 amide bonds. The zero-order chi connectivity index (χ0) is 13.0. The fourth-order valence-electron chi connectivity index (χ4n) is 1.67. The first-order valence-corrected chi connectivity index (χ1v) is 6.69. The van der Waals surface area contributed by atoms with Crippen LogP contribution in [0.5, 0.6) is 5.75 Å². The van der Waals surface area contributed by atoms with Gasteiger partial charge in [-0.1, -0.05) is 12.1 Å².